The summed E-state index contributed by atoms with van der Waals surface area (Å²) in [7, 11) is 0. The number of nitrogens with zero attached hydrogens (tertiary/aromatic N) is 1. The number of hydrogen-bond donors (Lipinski definition) is 1. The number of ether oxygens (including phenoxy) is 1. The Morgan fingerprint density at radius 3 is 2.89 bits per heavy atom. The van der Waals surface area contributed by atoms with Crippen molar-refractivity contribution in [3.63, 3.8) is 0 Å². The Morgan fingerprint density at radius 1 is 1.44 bits per heavy atom. The van der Waals surface area contributed by atoms with Crippen molar-refractivity contribution in [1.29, 1.82) is 0 Å². The van der Waals surface area contributed by atoms with E-state index in [4.69, 9.17) is 4.74 Å². The summed E-state index contributed by atoms with van der Waals surface area (Å²) < 4.78 is 5.40. The van der Waals surface area contributed by atoms with Crippen LogP contribution in [0.5, 0.6) is 0 Å². The maximum atomic E-state index is 12.6. The Balaban J connectivity index is 1.91. The molecule has 4 nitrogen and oxygen atoms in total. The second kappa shape index (κ2) is 6.53. The number of amides is 1. The molecule has 2 heterocycles. The van der Waals surface area contributed by atoms with Crippen LogP contribution in [0.1, 0.15) is 33.1 Å². The largest absolute Gasteiger partial charge is 0.381 e. The zero-order chi connectivity index (χ0) is 13.0. The fourth-order valence-electron chi connectivity index (χ4n) is 2.99. The molecule has 1 amide bonds. The van der Waals surface area contributed by atoms with Crippen LogP contribution in [-0.4, -0.2) is 49.7 Å². The maximum absolute atomic E-state index is 12.6. The summed E-state index contributed by atoms with van der Waals surface area (Å²) in [6.45, 7) is 8.57. The van der Waals surface area contributed by atoms with Gasteiger partial charge in [0.25, 0.3) is 0 Å². The Bertz CT molecular complexity index is 277. The highest BCUT2D eigenvalue weighted by molar-refractivity contribution is 5.82. The van der Waals surface area contributed by atoms with Gasteiger partial charge in [0, 0.05) is 25.6 Å². The lowest BCUT2D eigenvalue weighted by Gasteiger charge is -2.34. The van der Waals surface area contributed by atoms with Crippen LogP contribution in [0.4, 0.5) is 0 Å². The van der Waals surface area contributed by atoms with E-state index >= 15 is 0 Å². The first-order valence-corrected chi connectivity index (χ1v) is 7.32. The minimum Gasteiger partial charge on any atom is -0.381 e. The van der Waals surface area contributed by atoms with E-state index in [0.717, 1.165) is 45.7 Å². The molecule has 0 spiro atoms. The molecule has 0 aliphatic carbocycles. The molecular formula is C14H26N2O2. The molecule has 4 heteroatoms. The van der Waals surface area contributed by atoms with Gasteiger partial charge in [-0.05, 0) is 38.6 Å². The summed E-state index contributed by atoms with van der Waals surface area (Å²) in [6, 6.07) is 0.0287. The fraction of sp³-hybridized carbons (Fsp3) is 0.929. The smallest absolute Gasteiger partial charge is 0.239 e. The zero-order valence-corrected chi connectivity index (χ0v) is 11.7. The van der Waals surface area contributed by atoms with Gasteiger partial charge in [-0.3, -0.25) is 4.79 Å². The molecule has 0 saturated carbocycles. The molecule has 2 fully saturated rings. The minimum absolute atomic E-state index is 0.0287. The maximum Gasteiger partial charge on any atom is 0.239 e. The van der Waals surface area contributed by atoms with Gasteiger partial charge < -0.3 is 15.0 Å². The van der Waals surface area contributed by atoms with E-state index in [0.29, 0.717) is 11.8 Å². The van der Waals surface area contributed by atoms with Crippen molar-refractivity contribution in [3.05, 3.63) is 0 Å². The number of rotatable bonds is 4. The third-order valence-electron chi connectivity index (χ3n) is 4.23. The monoisotopic (exact) mass is 254 g/mol. The second-order valence-electron chi connectivity index (χ2n) is 5.66. The summed E-state index contributed by atoms with van der Waals surface area (Å²) in [4.78, 5) is 14.6. The van der Waals surface area contributed by atoms with E-state index < -0.39 is 0 Å². The first-order valence-electron chi connectivity index (χ1n) is 7.32. The first-order chi connectivity index (χ1) is 8.72. The van der Waals surface area contributed by atoms with Crippen LogP contribution < -0.4 is 5.32 Å². The summed E-state index contributed by atoms with van der Waals surface area (Å²) >= 11 is 0. The van der Waals surface area contributed by atoms with Crippen molar-refractivity contribution < 1.29 is 9.53 Å². The van der Waals surface area contributed by atoms with Crippen molar-refractivity contribution in [2.75, 3.05) is 32.8 Å². The van der Waals surface area contributed by atoms with Crippen molar-refractivity contribution in [3.8, 4) is 0 Å². The van der Waals surface area contributed by atoms with Crippen LogP contribution in [0.3, 0.4) is 0 Å². The second-order valence-corrected chi connectivity index (χ2v) is 5.66. The average molecular weight is 254 g/mol. The van der Waals surface area contributed by atoms with Gasteiger partial charge in [0.2, 0.25) is 5.91 Å². The summed E-state index contributed by atoms with van der Waals surface area (Å²) in [6.07, 6.45) is 3.44. The van der Waals surface area contributed by atoms with Crippen LogP contribution in [0.15, 0.2) is 0 Å². The predicted molar refractivity (Wildman–Crippen MR) is 71.4 cm³/mol. The third-order valence-corrected chi connectivity index (χ3v) is 4.23. The molecule has 3 atom stereocenters. The van der Waals surface area contributed by atoms with Gasteiger partial charge in [0.15, 0.2) is 0 Å². The molecule has 0 aromatic carbocycles. The molecule has 2 rings (SSSR count). The molecule has 2 saturated heterocycles. The SMILES string of the molecule is CCN(CC1CCOC1)C(=O)C1NCCCC1C. The van der Waals surface area contributed by atoms with Gasteiger partial charge in [-0.25, -0.2) is 0 Å². The van der Waals surface area contributed by atoms with E-state index in [1.165, 1.54) is 6.42 Å². The van der Waals surface area contributed by atoms with E-state index in [1.807, 2.05) is 4.90 Å². The Labute approximate surface area is 110 Å². The van der Waals surface area contributed by atoms with Crippen molar-refractivity contribution >= 4 is 5.91 Å². The molecule has 18 heavy (non-hydrogen) atoms. The quantitative estimate of drug-likeness (QED) is 0.821. The lowest BCUT2D eigenvalue weighted by atomic mass is 9.91. The minimum atomic E-state index is 0.0287. The van der Waals surface area contributed by atoms with Crippen molar-refractivity contribution in [2.45, 2.75) is 39.2 Å². The number of hydrogen-bond acceptors (Lipinski definition) is 3. The zero-order valence-electron chi connectivity index (χ0n) is 11.7. The molecule has 2 aliphatic rings. The Kier molecular flexibility index (Phi) is 5.01. The first kappa shape index (κ1) is 13.8. The van der Waals surface area contributed by atoms with Gasteiger partial charge in [-0.2, -0.15) is 0 Å². The summed E-state index contributed by atoms with van der Waals surface area (Å²) in [5.41, 5.74) is 0. The van der Waals surface area contributed by atoms with Gasteiger partial charge in [-0.15, -0.1) is 0 Å². The van der Waals surface area contributed by atoms with E-state index in [9.17, 15) is 4.79 Å². The molecule has 0 bridgehead atoms. The van der Waals surface area contributed by atoms with Crippen LogP contribution in [0, 0.1) is 11.8 Å². The Hall–Kier alpha value is -0.610. The summed E-state index contributed by atoms with van der Waals surface area (Å²) in [5, 5.41) is 3.39. The molecule has 3 unspecified atom stereocenters. The fourth-order valence-corrected chi connectivity index (χ4v) is 2.99. The number of likely N-dealkylation sites (N-methyl/N-ethyl adjacent to an activating group) is 1. The highest BCUT2D eigenvalue weighted by atomic mass is 16.5. The van der Waals surface area contributed by atoms with Crippen LogP contribution in [0.2, 0.25) is 0 Å². The van der Waals surface area contributed by atoms with Gasteiger partial charge in [-0.1, -0.05) is 6.92 Å². The van der Waals surface area contributed by atoms with Gasteiger partial charge in [0.1, 0.15) is 0 Å². The number of carbonyl (C=O) groups is 1. The topological polar surface area (TPSA) is 41.6 Å². The average Bonchev–Trinajstić information content (AvgIpc) is 2.88. The van der Waals surface area contributed by atoms with Crippen LogP contribution >= 0.6 is 0 Å². The van der Waals surface area contributed by atoms with Gasteiger partial charge >= 0.3 is 0 Å². The lowest BCUT2D eigenvalue weighted by molar-refractivity contribution is -0.135. The summed E-state index contributed by atoms with van der Waals surface area (Å²) in [5.74, 6) is 1.28. The molecule has 104 valence electrons. The number of carbonyl (C=O) groups excluding carboxylic acids is 1. The van der Waals surface area contributed by atoms with Crippen molar-refractivity contribution in [2.24, 2.45) is 11.8 Å². The molecule has 1 N–H and O–H groups in total. The standard InChI is InChI=1S/C14H26N2O2/c1-3-16(9-12-6-8-18-10-12)14(17)13-11(2)5-4-7-15-13/h11-13,15H,3-10H2,1-2H3. The van der Waals surface area contributed by atoms with Crippen LogP contribution in [0.25, 0.3) is 0 Å². The molecule has 0 radical (unpaired) electrons. The van der Waals surface area contributed by atoms with Crippen LogP contribution in [-0.2, 0) is 9.53 Å². The highest BCUT2D eigenvalue weighted by Gasteiger charge is 2.31. The Morgan fingerprint density at radius 2 is 2.28 bits per heavy atom. The van der Waals surface area contributed by atoms with E-state index in [-0.39, 0.29) is 11.9 Å². The molecular weight excluding hydrogens is 228 g/mol. The normalized spacial score (nSPS) is 32.4. The molecule has 0 aromatic rings. The molecule has 2 aliphatic heterocycles. The van der Waals surface area contributed by atoms with E-state index in [1.54, 1.807) is 0 Å². The third kappa shape index (κ3) is 3.23. The van der Waals surface area contributed by atoms with Crippen molar-refractivity contribution in [1.82, 2.24) is 10.2 Å². The predicted octanol–water partition coefficient (Wildman–Crippen LogP) is 1.26. The molecule has 0 aromatic heterocycles. The highest BCUT2D eigenvalue weighted by Crippen LogP contribution is 2.19. The van der Waals surface area contributed by atoms with E-state index in [2.05, 4.69) is 19.2 Å². The lowest BCUT2D eigenvalue weighted by Crippen LogP contribution is -2.53. The number of piperidine rings is 1. The van der Waals surface area contributed by atoms with Gasteiger partial charge in [0.05, 0.1) is 12.6 Å². The number of nitrogens with one attached hydrogen (secondary N) is 1.